The van der Waals surface area contributed by atoms with Gasteiger partial charge in [0.2, 0.25) is 11.8 Å². The molecule has 36 heavy (non-hydrogen) atoms. The number of hydrogen-bond acceptors (Lipinski definition) is 5. The van der Waals surface area contributed by atoms with E-state index in [0.717, 1.165) is 11.1 Å². The number of hydrogen-bond donors (Lipinski definition) is 0. The molecular formula is C28H20BrClN2O4. The van der Waals surface area contributed by atoms with Gasteiger partial charge in [0.15, 0.2) is 5.78 Å². The average molecular weight is 564 g/mol. The smallest absolute Gasteiger partial charge is 0.240 e. The van der Waals surface area contributed by atoms with E-state index in [4.69, 9.17) is 16.3 Å². The Kier molecular flexibility index (Phi) is 5.50. The standard InChI is InChI=1S/C28H20BrClN2O4/c1-36-21-10-9-16(13-20(21)29)26(33)25-23-22(24-19-8-3-2-5-15(19)11-12-31(24)25)27(34)32(28(23)35)18-7-4-6-17(30)14-18/h2-14,22-25H,1H3/t22-,23-,24+,25+/m1/s1. The number of nitrogens with zero attached hydrogens (tertiary/aromatic N) is 2. The van der Waals surface area contributed by atoms with Crippen molar-refractivity contribution in [3.05, 3.63) is 99.1 Å². The van der Waals surface area contributed by atoms with Crippen LogP contribution in [-0.4, -0.2) is 35.6 Å². The van der Waals surface area contributed by atoms with Crippen LogP contribution in [0.3, 0.4) is 0 Å². The fourth-order valence-corrected chi connectivity index (χ4v) is 6.44. The first-order valence-corrected chi connectivity index (χ1v) is 12.6. The maximum absolute atomic E-state index is 14.0. The molecule has 3 aromatic rings. The molecule has 2 fully saturated rings. The summed E-state index contributed by atoms with van der Waals surface area (Å²) in [6, 6.07) is 18.3. The number of methoxy groups -OCH3 is 1. The maximum atomic E-state index is 14.0. The predicted octanol–water partition coefficient (Wildman–Crippen LogP) is 5.51. The molecule has 6 nitrogen and oxygen atoms in total. The van der Waals surface area contributed by atoms with Gasteiger partial charge in [-0.1, -0.05) is 41.9 Å². The van der Waals surface area contributed by atoms with Crippen LogP contribution < -0.4 is 9.64 Å². The van der Waals surface area contributed by atoms with Crippen LogP contribution in [0.4, 0.5) is 5.69 Å². The van der Waals surface area contributed by atoms with Crippen molar-refractivity contribution in [2.24, 2.45) is 11.8 Å². The van der Waals surface area contributed by atoms with Gasteiger partial charge in [0, 0.05) is 16.8 Å². The van der Waals surface area contributed by atoms with Crippen molar-refractivity contribution >= 4 is 56.9 Å². The Labute approximate surface area is 221 Å². The summed E-state index contributed by atoms with van der Waals surface area (Å²) in [7, 11) is 1.55. The van der Waals surface area contributed by atoms with Gasteiger partial charge < -0.3 is 9.64 Å². The fraction of sp³-hybridized carbons (Fsp3) is 0.179. The van der Waals surface area contributed by atoms with Gasteiger partial charge in [-0.3, -0.25) is 14.4 Å². The first kappa shape index (κ1) is 23.0. The average Bonchev–Trinajstić information content (AvgIpc) is 3.36. The summed E-state index contributed by atoms with van der Waals surface area (Å²) in [5, 5.41) is 0.424. The molecule has 3 aliphatic rings. The number of rotatable bonds is 4. The van der Waals surface area contributed by atoms with Crippen LogP contribution >= 0.6 is 27.5 Å². The molecule has 3 aliphatic heterocycles. The third kappa shape index (κ3) is 3.33. The Hall–Kier alpha value is -3.42. The first-order chi connectivity index (χ1) is 17.4. The number of imide groups is 1. The highest BCUT2D eigenvalue weighted by Gasteiger charge is 2.64. The Bertz CT molecular complexity index is 1470. The lowest BCUT2D eigenvalue weighted by atomic mass is 9.83. The number of amides is 2. The van der Waals surface area contributed by atoms with E-state index in [0.29, 0.717) is 26.5 Å². The summed E-state index contributed by atoms with van der Waals surface area (Å²) in [4.78, 5) is 44.9. The predicted molar refractivity (Wildman–Crippen MR) is 140 cm³/mol. The van der Waals surface area contributed by atoms with Crippen molar-refractivity contribution in [1.29, 1.82) is 0 Å². The van der Waals surface area contributed by atoms with Gasteiger partial charge in [-0.25, -0.2) is 4.90 Å². The van der Waals surface area contributed by atoms with Crippen LogP contribution in [0.2, 0.25) is 5.02 Å². The van der Waals surface area contributed by atoms with Gasteiger partial charge >= 0.3 is 0 Å². The van der Waals surface area contributed by atoms with E-state index >= 15 is 0 Å². The molecule has 0 spiro atoms. The lowest BCUT2D eigenvalue weighted by Gasteiger charge is -2.35. The van der Waals surface area contributed by atoms with Gasteiger partial charge in [0.25, 0.3) is 0 Å². The number of carbonyl (C=O) groups is 3. The van der Waals surface area contributed by atoms with Crippen LogP contribution in [0, 0.1) is 11.8 Å². The molecule has 6 rings (SSSR count). The van der Waals surface area contributed by atoms with Crippen molar-refractivity contribution < 1.29 is 19.1 Å². The maximum Gasteiger partial charge on any atom is 0.240 e. The van der Waals surface area contributed by atoms with Crippen LogP contribution in [0.5, 0.6) is 5.75 Å². The van der Waals surface area contributed by atoms with Crippen LogP contribution in [-0.2, 0) is 9.59 Å². The van der Waals surface area contributed by atoms with E-state index in [2.05, 4.69) is 15.9 Å². The highest BCUT2D eigenvalue weighted by atomic mass is 79.9. The van der Waals surface area contributed by atoms with E-state index in [9.17, 15) is 14.4 Å². The van der Waals surface area contributed by atoms with E-state index in [1.54, 1.807) is 49.6 Å². The molecule has 0 saturated carbocycles. The lowest BCUT2D eigenvalue weighted by Crippen LogP contribution is -2.44. The second kappa shape index (κ2) is 8.61. The third-order valence-corrected chi connectivity index (χ3v) is 8.09. The molecule has 0 radical (unpaired) electrons. The van der Waals surface area contributed by atoms with E-state index in [1.807, 2.05) is 41.4 Å². The zero-order valence-electron chi connectivity index (χ0n) is 19.1. The SMILES string of the molecule is COc1ccc(C(=O)[C@@H]2[C@@H]3C(=O)N(c4cccc(Cl)c4)C(=O)[C@H]3[C@@H]3c4ccccc4C=CN23)cc1Br. The van der Waals surface area contributed by atoms with E-state index in [1.165, 1.54) is 4.90 Å². The number of ketones is 1. The van der Waals surface area contributed by atoms with Gasteiger partial charge in [-0.15, -0.1) is 0 Å². The van der Waals surface area contributed by atoms with Crippen LogP contribution in [0.15, 0.2) is 77.4 Å². The van der Waals surface area contributed by atoms with E-state index < -0.39 is 29.8 Å². The molecule has 0 aliphatic carbocycles. The lowest BCUT2D eigenvalue weighted by molar-refractivity contribution is -0.123. The molecular weight excluding hydrogens is 544 g/mol. The molecule has 0 bridgehead atoms. The normalized spacial score (nSPS) is 24.0. The topological polar surface area (TPSA) is 66.9 Å². The summed E-state index contributed by atoms with van der Waals surface area (Å²) in [5.41, 5.74) is 2.74. The van der Waals surface area contributed by atoms with Gasteiger partial charge in [0.1, 0.15) is 11.8 Å². The summed E-state index contributed by atoms with van der Waals surface area (Å²) in [5.74, 6) is -1.89. The molecule has 3 aromatic carbocycles. The first-order valence-electron chi connectivity index (χ1n) is 11.5. The molecule has 0 N–H and O–H groups in total. The number of ether oxygens (including phenoxy) is 1. The van der Waals surface area contributed by atoms with Gasteiger partial charge in [-0.05, 0) is 69.5 Å². The summed E-state index contributed by atoms with van der Waals surface area (Å²) in [6.07, 6.45) is 3.78. The molecule has 3 heterocycles. The summed E-state index contributed by atoms with van der Waals surface area (Å²) < 4.78 is 5.94. The number of anilines is 1. The largest absolute Gasteiger partial charge is 0.496 e. The third-order valence-electron chi connectivity index (χ3n) is 7.23. The summed E-state index contributed by atoms with van der Waals surface area (Å²) >= 11 is 9.63. The Balaban J connectivity index is 1.49. The van der Waals surface area contributed by atoms with Gasteiger partial charge in [-0.2, -0.15) is 0 Å². The Morgan fingerprint density at radius 2 is 1.75 bits per heavy atom. The summed E-state index contributed by atoms with van der Waals surface area (Å²) in [6.45, 7) is 0. The van der Waals surface area contributed by atoms with Crippen LogP contribution in [0.25, 0.3) is 6.08 Å². The number of benzene rings is 3. The quantitative estimate of drug-likeness (QED) is 0.309. The molecule has 2 amide bonds. The van der Waals surface area contributed by atoms with Crippen molar-refractivity contribution in [2.45, 2.75) is 12.1 Å². The monoisotopic (exact) mass is 562 g/mol. The molecule has 0 aromatic heterocycles. The number of Topliss-reactive ketones (excluding diaryl/α,β-unsaturated/α-hetero) is 1. The zero-order chi connectivity index (χ0) is 25.1. The Morgan fingerprint density at radius 3 is 2.50 bits per heavy atom. The second-order valence-electron chi connectivity index (χ2n) is 9.04. The molecule has 2 saturated heterocycles. The highest BCUT2D eigenvalue weighted by Crippen LogP contribution is 2.53. The van der Waals surface area contributed by atoms with Crippen molar-refractivity contribution in [3.63, 3.8) is 0 Å². The zero-order valence-corrected chi connectivity index (χ0v) is 21.4. The highest BCUT2D eigenvalue weighted by molar-refractivity contribution is 9.10. The van der Waals surface area contributed by atoms with E-state index in [-0.39, 0.29) is 11.7 Å². The van der Waals surface area contributed by atoms with Crippen molar-refractivity contribution in [3.8, 4) is 5.75 Å². The fourth-order valence-electron chi connectivity index (χ4n) is 5.72. The molecule has 8 heteroatoms. The second-order valence-corrected chi connectivity index (χ2v) is 10.3. The number of carbonyl (C=O) groups excluding carboxylic acids is 3. The molecule has 0 unspecified atom stereocenters. The Morgan fingerprint density at radius 1 is 0.972 bits per heavy atom. The van der Waals surface area contributed by atoms with Gasteiger partial charge in [0.05, 0.1) is 35.1 Å². The van der Waals surface area contributed by atoms with Crippen molar-refractivity contribution in [1.82, 2.24) is 4.90 Å². The van der Waals surface area contributed by atoms with Crippen molar-refractivity contribution in [2.75, 3.05) is 12.0 Å². The minimum Gasteiger partial charge on any atom is -0.496 e. The minimum atomic E-state index is -0.842. The molecule has 180 valence electrons. The molecule has 4 atom stereocenters. The number of fused-ring (bicyclic) bond motifs is 5. The number of halogens is 2. The minimum absolute atomic E-state index is 0.228. The van der Waals surface area contributed by atoms with Crippen LogP contribution in [0.1, 0.15) is 27.5 Å².